The van der Waals surface area contributed by atoms with Crippen LogP contribution in [0.5, 0.6) is 0 Å². The molecule has 0 aromatic heterocycles. The van der Waals surface area contributed by atoms with Gasteiger partial charge in [0.25, 0.3) is 0 Å². The average Bonchev–Trinajstić information content (AvgIpc) is 2.76. The van der Waals surface area contributed by atoms with Gasteiger partial charge in [0.1, 0.15) is 0 Å². The van der Waals surface area contributed by atoms with Crippen molar-refractivity contribution in [3.63, 3.8) is 0 Å². The van der Waals surface area contributed by atoms with Gasteiger partial charge in [0.15, 0.2) is 0 Å². The van der Waals surface area contributed by atoms with Gasteiger partial charge in [-0.15, -0.1) is 0 Å². The summed E-state index contributed by atoms with van der Waals surface area (Å²) in [4.78, 5) is 14.7. The topological polar surface area (TPSA) is 17.1 Å². The van der Waals surface area contributed by atoms with Crippen LogP contribution in [0.15, 0.2) is 103 Å². The summed E-state index contributed by atoms with van der Waals surface area (Å²) in [5.74, 6) is 0. The molecule has 0 aliphatic carbocycles. The molecule has 0 saturated heterocycles. The molecular formula is C28H27OP. The summed E-state index contributed by atoms with van der Waals surface area (Å²) in [6.07, 6.45) is 0. The van der Waals surface area contributed by atoms with Crippen molar-refractivity contribution in [2.45, 2.75) is 20.8 Å². The van der Waals surface area contributed by atoms with Crippen LogP contribution in [0.3, 0.4) is 0 Å². The molecule has 4 aromatic rings. The Bertz CT molecular complexity index is 1050. The second-order valence-corrected chi connectivity index (χ2v) is 11.6. The molecule has 1 nitrogen and oxygen atoms in total. The summed E-state index contributed by atoms with van der Waals surface area (Å²) < 4.78 is 0. The van der Waals surface area contributed by atoms with E-state index in [9.17, 15) is 4.79 Å². The van der Waals surface area contributed by atoms with Crippen LogP contribution in [0.2, 0.25) is 0 Å². The molecule has 0 aliphatic heterocycles. The monoisotopic (exact) mass is 410 g/mol. The van der Waals surface area contributed by atoms with E-state index in [1.165, 1.54) is 5.56 Å². The van der Waals surface area contributed by atoms with Crippen molar-refractivity contribution in [1.82, 2.24) is 0 Å². The van der Waals surface area contributed by atoms with Gasteiger partial charge < -0.3 is 0 Å². The van der Waals surface area contributed by atoms with Crippen molar-refractivity contribution in [1.29, 1.82) is 0 Å². The third kappa shape index (κ3) is 3.40. The van der Waals surface area contributed by atoms with E-state index in [1.807, 2.05) is 54.6 Å². The average molecular weight is 410 g/mol. The zero-order valence-corrected chi connectivity index (χ0v) is 18.7. The maximum absolute atomic E-state index is 14.7. The molecule has 0 atom stereocenters. The SMILES string of the molecule is Cc1cc(C)c(C(=O)[PH](c2ccccc2)(c2ccccc2)c2ccccc2)c(C)c1. The van der Waals surface area contributed by atoms with Gasteiger partial charge in [-0.25, -0.2) is 0 Å². The standard InChI is InChI=1S/C28H27OP/c1-21-19-22(2)27(23(3)20-21)28(29)30(24-13-7-4-8-14-24,25-15-9-5-10-16-25)26-17-11-6-12-18-26/h4-20,30H,1-3H3. The normalized spacial score (nSPS) is 11.8. The Kier molecular flexibility index (Phi) is 5.66. The molecule has 2 heteroatoms. The fourth-order valence-electron chi connectivity index (χ4n) is 4.68. The quantitative estimate of drug-likeness (QED) is 0.398. The van der Waals surface area contributed by atoms with E-state index >= 15 is 0 Å². The minimum absolute atomic E-state index is 0.251. The molecule has 0 radical (unpaired) electrons. The van der Waals surface area contributed by atoms with E-state index < -0.39 is 7.26 Å². The van der Waals surface area contributed by atoms with Gasteiger partial charge in [-0.1, -0.05) is 0 Å². The van der Waals surface area contributed by atoms with Crippen LogP contribution in [0.4, 0.5) is 0 Å². The predicted molar refractivity (Wildman–Crippen MR) is 132 cm³/mol. The first-order valence-corrected chi connectivity index (χ1v) is 12.3. The van der Waals surface area contributed by atoms with E-state index in [4.69, 9.17) is 0 Å². The van der Waals surface area contributed by atoms with Crippen LogP contribution in [0, 0.1) is 20.8 Å². The zero-order valence-electron chi connectivity index (χ0n) is 17.7. The maximum atomic E-state index is 14.7. The molecule has 30 heavy (non-hydrogen) atoms. The first kappa shape index (κ1) is 20.3. The molecule has 4 rings (SSSR count). The van der Waals surface area contributed by atoms with E-state index in [-0.39, 0.29) is 5.52 Å². The third-order valence-electron chi connectivity index (χ3n) is 5.87. The van der Waals surface area contributed by atoms with Gasteiger partial charge in [0, 0.05) is 0 Å². The number of aryl methyl sites for hydroxylation is 3. The second-order valence-electron chi connectivity index (χ2n) is 7.95. The van der Waals surface area contributed by atoms with Crippen molar-refractivity contribution in [2.75, 3.05) is 0 Å². The van der Waals surface area contributed by atoms with Gasteiger partial charge in [0.05, 0.1) is 0 Å². The van der Waals surface area contributed by atoms with Crippen molar-refractivity contribution >= 4 is 28.7 Å². The van der Waals surface area contributed by atoms with E-state index in [2.05, 4.69) is 69.3 Å². The molecule has 0 spiro atoms. The Balaban J connectivity index is 2.12. The predicted octanol–water partition coefficient (Wildman–Crippen LogP) is 5.48. The Morgan fingerprint density at radius 2 is 0.900 bits per heavy atom. The molecule has 0 fully saturated rings. The summed E-state index contributed by atoms with van der Waals surface area (Å²) in [5.41, 5.74) is 4.41. The van der Waals surface area contributed by atoms with Gasteiger partial charge in [-0.3, -0.25) is 0 Å². The number of benzene rings is 4. The number of carbonyl (C=O) groups excluding carboxylic acids is 1. The summed E-state index contributed by atoms with van der Waals surface area (Å²) >= 11 is 0. The Hall–Kier alpha value is -3.02. The number of rotatable bonds is 5. The second kappa shape index (κ2) is 8.38. The summed E-state index contributed by atoms with van der Waals surface area (Å²) in [7, 11) is -2.99. The van der Waals surface area contributed by atoms with Gasteiger partial charge >= 0.3 is 180 Å². The van der Waals surface area contributed by atoms with Crippen LogP contribution in [0.1, 0.15) is 27.0 Å². The van der Waals surface area contributed by atoms with Crippen LogP contribution < -0.4 is 15.9 Å². The third-order valence-corrected chi connectivity index (χ3v) is 10.4. The molecule has 0 aliphatic rings. The zero-order chi connectivity index (χ0) is 21.1. The van der Waals surface area contributed by atoms with Crippen LogP contribution in [-0.4, -0.2) is 5.52 Å². The summed E-state index contributed by atoms with van der Waals surface area (Å²) in [6, 6.07) is 35.4. The van der Waals surface area contributed by atoms with Gasteiger partial charge in [-0.05, 0) is 0 Å². The Labute approximate surface area is 179 Å². The molecular weight excluding hydrogens is 383 g/mol. The first-order valence-electron chi connectivity index (χ1n) is 10.3. The molecule has 0 heterocycles. The number of hydrogen-bond donors (Lipinski definition) is 0. The molecule has 0 bridgehead atoms. The van der Waals surface area contributed by atoms with Crippen molar-refractivity contribution in [3.8, 4) is 0 Å². The Morgan fingerprint density at radius 1 is 0.567 bits per heavy atom. The molecule has 4 aromatic carbocycles. The number of carbonyl (C=O) groups is 1. The van der Waals surface area contributed by atoms with Gasteiger partial charge in [0.2, 0.25) is 0 Å². The fourth-order valence-corrected chi connectivity index (χ4v) is 9.32. The van der Waals surface area contributed by atoms with E-state index in [0.29, 0.717) is 0 Å². The van der Waals surface area contributed by atoms with Crippen molar-refractivity contribution < 1.29 is 4.79 Å². The summed E-state index contributed by atoms with van der Waals surface area (Å²) in [5, 5.41) is 3.35. The molecule has 0 unspecified atom stereocenters. The van der Waals surface area contributed by atoms with E-state index in [1.54, 1.807) is 0 Å². The molecule has 150 valence electrons. The van der Waals surface area contributed by atoms with Gasteiger partial charge in [-0.2, -0.15) is 0 Å². The van der Waals surface area contributed by atoms with E-state index in [0.717, 1.165) is 32.6 Å². The molecule has 0 amide bonds. The van der Waals surface area contributed by atoms with Crippen LogP contribution in [-0.2, 0) is 0 Å². The van der Waals surface area contributed by atoms with Crippen LogP contribution in [0.25, 0.3) is 0 Å². The number of hydrogen-bond acceptors (Lipinski definition) is 1. The van der Waals surface area contributed by atoms with Crippen molar-refractivity contribution in [2.24, 2.45) is 0 Å². The minimum atomic E-state index is -2.99. The molecule has 0 N–H and O–H groups in total. The fraction of sp³-hybridized carbons (Fsp3) is 0.107. The van der Waals surface area contributed by atoms with Crippen LogP contribution >= 0.6 is 7.26 Å². The molecule has 0 saturated carbocycles. The first-order chi connectivity index (χ1) is 14.5. The summed E-state index contributed by atoms with van der Waals surface area (Å²) in [6.45, 7) is 6.21. The Morgan fingerprint density at radius 3 is 1.23 bits per heavy atom. The van der Waals surface area contributed by atoms with Crippen molar-refractivity contribution in [3.05, 3.63) is 125 Å².